The van der Waals surface area contributed by atoms with E-state index in [-0.39, 0.29) is 36.8 Å². The summed E-state index contributed by atoms with van der Waals surface area (Å²) in [6, 6.07) is 8.46. The Kier molecular flexibility index (Phi) is 7.95. The Morgan fingerprint density at radius 3 is 2.12 bits per heavy atom. The van der Waals surface area contributed by atoms with Gasteiger partial charge >= 0.3 is 5.97 Å². The Labute approximate surface area is 143 Å². The number of ether oxygens (including phenoxy) is 1. The molecule has 0 aliphatic heterocycles. The molecule has 0 spiro atoms. The molecule has 0 aromatic heterocycles. The molecule has 0 heterocycles. The van der Waals surface area contributed by atoms with Gasteiger partial charge in [0.15, 0.2) is 6.61 Å². The lowest BCUT2D eigenvalue weighted by Gasteiger charge is -2.21. The molecule has 6 heteroatoms. The summed E-state index contributed by atoms with van der Waals surface area (Å²) in [5.41, 5.74) is 0.863. The third-order valence-corrected chi connectivity index (χ3v) is 3.24. The first-order valence-electron chi connectivity index (χ1n) is 8.09. The largest absolute Gasteiger partial charge is 0.454 e. The SMILES string of the molecule is CC(C)NC(=O)COC(=O)[C@@H](NC(=O)Cc1ccccc1)C(C)C. The highest BCUT2D eigenvalue weighted by Gasteiger charge is 2.26. The highest BCUT2D eigenvalue weighted by Crippen LogP contribution is 2.06. The zero-order valence-corrected chi connectivity index (χ0v) is 14.7. The van der Waals surface area contributed by atoms with Gasteiger partial charge in [-0.2, -0.15) is 0 Å². The van der Waals surface area contributed by atoms with E-state index in [0.717, 1.165) is 5.56 Å². The van der Waals surface area contributed by atoms with Crippen molar-refractivity contribution in [3.8, 4) is 0 Å². The molecule has 0 saturated carbocycles. The number of carbonyl (C=O) groups is 3. The van der Waals surface area contributed by atoms with Crippen LogP contribution in [0.3, 0.4) is 0 Å². The first kappa shape index (κ1) is 19.7. The molecule has 0 aliphatic carbocycles. The van der Waals surface area contributed by atoms with E-state index in [1.165, 1.54) is 0 Å². The molecule has 0 bridgehead atoms. The molecule has 1 aromatic rings. The molecule has 1 rings (SSSR count). The van der Waals surface area contributed by atoms with Crippen molar-refractivity contribution in [3.05, 3.63) is 35.9 Å². The summed E-state index contributed by atoms with van der Waals surface area (Å²) in [7, 11) is 0. The van der Waals surface area contributed by atoms with Gasteiger partial charge in [0, 0.05) is 6.04 Å². The Morgan fingerprint density at radius 1 is 0.958 bits per heavy atom. The van der Waals surface area contributed by atoms with Crippen molar-refractivity contribution in [3.63, 3.8) is 0 Å². The lowest BCUT2D eigenvalue weighted by molar-refractivity contribution is -0.152. The van der Waals surface area contributed by atoms with Crippen molar-refractivity contribution < 1.29 is 19.1 Å². The fraction of sp³-hybridized carbons (Fsp3) is 0.500. The number of nitrogens with one attached hydrogen (secondary N) is 2. The van der Waals surface area contributed by atoms with Crippen LogP contribution in [0.25, 0.3) is 0 Å². The number of rotatable bonds is 8. The van der Waals surface area contributed by atoms with E-state index in [1.54, 1.807) is 0 Å². The van der Waals surface area contributed by atoms with Crippen molar-refractivity contribution in [2.75, 3.05) is 6.61 Å². The Hall–Kier alpha value is -2.37. The van der Waals surface area contributed by atoms with Gasteiger partial charge < -0.3 is 15.4 Å². The first-order valence-corrected chi connectivity index (χ1v) is 8.09. The standard InChI is InChI=1S/C18H26N2O4/c1-12(2)17(18(23)24-11-16(22)19-13(3)4)20-15(21)10-14-8-6-5-7-9-14/h5-9,12-13,17H,10-11H2,1-4H3,(H,19,22)(H,20,21)/t17-/m0/s1. The fourth-order valence-electron chi connectivity index (χ4n) is 2.09. The predicted molar refractivity (Wildman–Crippen MR) is 91.2 cm³/mol. The van der Waals surface area contributed by atoms with Crippen LogP contribution in [0.2, 0.25) is 0 Å². The maximum atomic E-state index is 12.1. The first-order chi connectivity index (χ1) is 11.3. The van der Waals surface area contributed by atoms with Gasteiger partial charge in [-0.1, -0.05) is 44.2 Å². The fourth-order valence-corrected chi connectivity index (χ4v) is 2.09. The average Bonchev–Trinajstić information content (AvgIpc) is 2.50. The minimum Gasteiger partial charge on any atom is -0.454 e. The molecule has 1 aromatic carbocycles. The summed E-state index contributed by atoms with van der Waals surface area (Å²) in [5, 5.41) is 5.32. The van der Waals surface area contributed by atoms with Gasteiger partial charge in [0.2, 0.25) is 5.91 Å². The second kappa shape index (κ2) is 9.70. The number of hydrogen-bond donors (Lipinski definition) is 2. The van der Waals surface area contributed by atoms with Crippen LogP contribution in [-0.2, 0) is 25.5 Å². The van der Waals surface area contributed by atoms with Crippen LogP contribution in [0.15, 0.2) is 30.3 Å². The van der Waals surface area contributed by atoms with Crippen molar-refractivity contribution in [2.45, 2.75) is 46.2 Å². The topological polar surface area (TPSA) is 84.5 Å². The van der Waals surface area contributed by atoms with Gasteiger partial charge in [-0.05, 0) is 25.3 Å². The van der Waals surface area contributed by atoms with E-state index in [1.807, 2.05) is 58.0 Å². The van der Waals surface area contributed by atoms with E-state index in [9.17, 15) is 14.4 Å². The highest BCUT2D eigenvalue weighted by atomic mass is 16.5. The van der Waals surface area contributed by atoms with Crippen molar-refractivity contribution in [1.29, 1.82) is 0 Å². The molecule has 0 unspecified atom stereocenters. The molecule has 0 saturated heterocycles. The van der Waals surface area contributed by atoms with Crippen LogP contribution < -0.4 is 10.6 Å². The molecule has 132 valence electrons. The quantitative estimate of drug-likeness (QED) is 0.705. The summed E-state index contributed by atoms with van der Waals surface area (Å²) >= 11 is 0. The van der Waals surface area contributed by atoms with Gasteiger partial charge in [-0.3, -0.25) is 9.59 Å². The summed E-state index contributed by atoms with van der Waals surface area (Å²) in [5.74, 6) is -1.38. The van der Waals surface area contributed by atoms with Crippen LogP contribution in [-0.4, -0.2) is 36.5 Å². The van der Waals surface area contributed by atoms with Crippen LogP contribution in [0.1, 0.15) is 33.3 Å². The van der Waals surface area contributed by atoms with Gasteiger partial charge in [-0.15, -0.1) is 0 Å². The summed E-state index contributed by atoms with van der Waals surface area (Å²) < 4.78 is 5.01. The van der Waals surface area contributed by atoms with Crippen molar-refractivity contribution >= 4 is 17.8 Å². The lowest BCUT2D eigenvalue weighted by Crippen LogP contribution is -2.46. The second-order valence-corrected chi connectivity index (χ2v) is 6.28. The van der Waals surface area contributed by atoms with Gasteiger partial charge in [-0.25, -0.2) is 4.79 Å². The molecule has 0 aliphatic rings. The number of benzene rings is 1. The number of esters is 1. The zero-order valence-electron chi connectivity index (χ0n) is 14.7. The van der Waals surface area contributed by atoms with Crippen LogP contribution in [0.4, 0.5) is 0 Å². The maximum absolute atomic E-state index is 12.1. The van der Waals surface area contributed by atoms with E-state index >= 15 is 0 Å². The Morgan fingerprint density at radius 2 is 1.58 bits per heavy atom. The summed E-state index contributed by atoms with van der Waals surface area (Å²) in [6.07, 6.45) is 0.186. The monoisotopic (exact) mass is 334 g/mol. The molecule has 6 nitrogen and oxygen atoms in total. The van der Waals surface area contributed by atoms with Crippen molar-refractivity contribution in [1.82, 2.24) is 10.6 Å². The van der Waals surface area contributed by atoms with Gasteiger partial charge in [0.25, 0.3) is 5.91 Å². The minimum atomic E-state index is -0.784. The van der Waals surface area contributed by atoms with E-state index in [0.29, 0.717) is 0 Å². The van der Waals surface area contributed by atoms with Gasteiger partial charge in [0.05, 0.1) is 6.42 Å². The third-order valence-electron chi connectivity index (χ3n) is 3.24. The van der Waals surface area contributed by atoms with E-state index in [2.05, 4.69) is 10.6 Å². The Bertz CT molecular complexity index is 555. The zero-order chi connectivity index (χ0) is 18.1. The molecule has 0 fully saturated rings. The van der Waals surface area contributed by atoms with Gasteiger partial charge in [0.1, 0.15) is 6.04 Å². The number of hydrogen-bond acceptors (Lipinski definition) is 4. The Balaban J connectivity index is 2.54. The molecule has 2 N–H and O–H groups in total. The molecule has 0 radical (unpaired) electrons. The molecular formula is C18H26N2O4. The molecule has 1 atom stereocenters. The summed E-state index contributed by atoms with van der Waals surface area (Å²) in [6.45, 7) is 6.90. The molecule has 24 heavy (non-hydrogen) atoms. The third kappa shape index (κ3) is 7.26. The predicted octanol–water partition coefficient (Wildman–Crippen LogP) is 1.44. The smallest absolute Gasteiger partial charge is 0.329 e. The lowest BCUT2D eigenvalue weighted by atomic mass is 10.0. The number of amides is 2. The normalized spacial score (nSPS) is 11.9. The minimum absolute atomic E-state index is 0.0253. The van der Waals surface area contributed by atoms with Crippen molar-refractivity contribution in [2.24, 2.45) is 5.92 Å². The molecule has 2 amide bonds. The highest BCUT2D eigenvalue weighted by molar-refractivity contribution is 5.87. The maximum Gasteiger partial charge on any atom is 0.329 e. The molecular weight excluding hydrogens is 308 g/mol. The van der Waals surface area contributed by atoms with E-state index in [4.69, 9.17) is 4.74 Å². The number of carbonyl (C=O) groups excluding carboxylic acids is 3. The average molecular weight is 334 g/mol. The van der Waals surface area contributed by atoms with Crippen LogP contribution in [0.5, 0.6) is 0 Å². The summed E-state index contributed by atoms with van der Waals surface area (Å²) in [4.78, 5) is 35.8. The van der Waals surface area contributed by atoms with Crippen LogP contribution >= 0.6 is 0 Å². The van der Waals surface area contributed by atoms with E-state index < -0.39 is 12.0 Å². The van der Waals surface area contributed by atoms with Crippen LogP contribution in [0, 0.1) is 5.92 Å². The second-order valence-electron chi connectivity index (χ2n) is 6.28.